The zero-order chi connectivity index (χ0) is 12.8. The fourth-order valence-corrected chi connectivity index (χ4v) is 3.38. The number of halogens is 2. The van der Waals surface area contributed by atoms with Crippen LogP contribution in [0.1, 0.15) is 5.56 Å². The monoisotopic (exact) mass is 260 g/mol. The fourth-order valence-electron chi connectivity index (χ4n) is 2.12. The summed E-state index contributed by atoms with van der Waals surface area (Å²) in [6.45, 7) is 3.22. The van der Waals surface area contributed by atoms with Crippen LogP contribution >= 0.6 is 11.3 Å². The highest BCUT2D eigenvalue weighted by Gasteiger charge is 2.30. The average Bonchev–Trinajstić information content (AvgIpc) is 2.77. The second-order valence-corrected chi connectivity index (χ2v) is 5.16. The van der Waals surface area contributed by atoms with Crippen molar-refractivity contribution in [1.29, 1.82) is 0 Å². The summed E-state index contributed by atoms with van der Waals surface area (Å²) in [6, 6.07) is 12.8. The maximum absolute atomic E-state index is 13.8. The summed E-state index contributed by atoms with van der Waals surface area (Å²) in [4.78, 5) is 0. The van der Waals surface area contributed by atoms with Crippen LogP contribution in [0.15, 0.2) is 55.1 Å². The molecule has 0 aliphatic heterocycles. The third-order valence-electron chi connectivity index (χ3n) is 3.02. The van der Waals surface area contributed by atoms with Gasteiger partial charge < -0.3 is 0 Å². The third-order valence-corrected chi connectivity index (χ3v) is 4.24. The summed E-state index contributed by atoms with van der Waals surface area (Å²) in [6.07, 6.45) is 0.701. The van der Waals surface area contributed by atoms with Crippen LogP contribution in [0.3, 0.4) is 0 Å². The van der Waals surface area contributed by atoms with Crippen LogP contribution in [-0.4, -0.2) is 0 Å². The van der Waals surface area contributed by atoms with Crippen LogP contribution < -0.4 is 0 Å². The molecule has 3 rings (SSSR count). The van der Waals surface area contributed by atoms with Gasteiger partial charge in [-0.25, -0.2) is 0 Å². The van der Waals surface area contributed by atoms with Gasteiger partial charge in [-0.2, -0.15) is 8.78 Å². The van der Waals surface area contributed by atoms with Gasteiger partial charge in [-0.05, 0) is 12.1 Å². The maximum Gasteiger partial charge on any atom is 0.292 e. The molecule has 0 radical (unpaired) electrons. The standard InChI is InChI=1S/C15H10F2S/c1-2-15(16,17)12-8-5-7-11-10-6-3-4-9-13(10)18-14(11)12/h2-9H,1H2. The van der Waals surface area contributed by atoms with Crippen molar-refractivity contribution >= 4 is 31.5 Å². The van der Waals surface area contributed by atoms with Crippen LogP contribution in [0.4, 0.5) is 8.78 Å². The van der Waals surface area contributed by atoms with Crippen molar-refractivity contribution in [3.63, 3.8) is 0 Å². The van der Waals surface area contributed by atoms with Crippen molar-refractivity contribution in [2.24, 2.45) is 0 Å². The minimum Gasteiger partial charge on any atom is -0.196 e. The predicted octanol–water partition coefficient (Wildman–Crippen LogP) is 5.33. The molecule has 0 amide bonds. The summed E-state index contributed by atoms with van der Waals surface area (Å²) in [5.41, 5.74) is 0.0381. The van der Waals surface area contributed by atoms with Crippen molar-refractivity contribution in [2.45, 2.75) is 5.92 Å². The molecule has 1 heterocycles. The molecular formula is C15H10F2S. The summed E-state index contributed by atoms with van der Waals surface area (Å²) < 4.78 is 29.3. The number of fused-ring (bicyclic) bond motifs is 3. The Morgan fingerprint density at radius 2 is 1.72 bits per heavy atom. The average molecular weight is 260 g/mol. The lowest BCUT2D eigenvalue weighted by atomic mass is 10.0. The zero-order valence-electron chi connectivity index (χ0n) is 9.49. The number of hydrogen-bond acceptors (Lipinski definition) is 1. The van der Waals surface area contributed by atoms with E-state index in [9.17, 15) is 8.78 Å². The molecule has 3 aromatic rings. The molecule has 0 saturated heterocycles. The normalized spacial score (nSPS) is 12.1. The van der Waals surface area contributed by atoms with E-state index in [1.54, 1.807) is 6.07 Å². The van der Waals surface area contributed by atoms with Gasteiger partial charge in [-0.1, -0.05) is 43.0 Å². The molecule has 0 atom stereocenters. The largest absolute Gasteiger partial charge is 0.292 e. The molecule has 1 aromatic heterocycles. The highest BCUT2D eigenvalue weighted by atomic mass is 32.1. The Morgan fingerprint density at radius 1 is 1.00 bits per heavy atom. The van der Waals surface area contributed by atoms with E-state index < -0.39 is 5.92 Å². The van der Waals surface area contributed by atoms with Gasteiger partial charge in [0.15, 0.2) is 0 Å². The smallest absolute Gasteiger partial charge is 0.196 e. The number of rotatable bonds is 2. The highest BCUT2D eigenvalue weighted by molar-refractivity contribution is 7.26. The van der Waals surface area contributed by atoms with Gasteiger partial charge in [0.05, 0.1) is 0 Å². The molecule has 3 heteroatoms. The van der Waals surface area contributed by atoms with E-state index in [0.29, 0.717) is 10.8 Å². The predicted molar refractivity (Wildman–Crippen MR) is 73.4 cm³/mol. The summed E-state index contributed by atoms with van der Waals surface area (Å²) in [7, 11) is 0. The van der Waals surface area contributed by atoms with Crippen LogP contribution in [0.2, 0.25) is 0 Å². The lowest BCUT2D eigenvalue weighted by molar-refractivity contribution is 0.0544. The van der Waals surface area contributed by atoms with Gasteiger partial charge in [0, 0.05) is 25.7 Å². The minimum absolute atomic E-state index is 0.0381. The van der Waals surface area contributed by atoms with E-state index in [-0.39, 0.29) is 5.56 Å². The molecule has 0 aliphatic carbocycles. The van der Waals surface area contributed by atoms with Crippen molar-refractivity contribution in [1.82, 2.24) is 0 Å². The molecule has 90 valence electrons. The Morgan fingerprint density at radius 3 is 2.50 bits per heavy atom. The van der Waals surface area contributed by atoms with Gasteiger partial charge in [-0.15, -0.1) is 11.3 Å². The molecule has 0 bridgehead atoms. The van der Waals surface area contributed by atoms with Crippen LogP contribution in [-0.2, 0) is 5.92 Å². The van der Waals surface area contributed by atoms with Crippen LogP contribution in [0.25, 0.3) is 20.2 Å². The first-order valence-corrected chi connectivity index (χ1v) is 6.37. The first-order chi connectivity index (χ1) is 8.63. The molecule has 0 nitrogen and oxygen atoms in total. The molecule has 0 spiro atoms. The third kappa shape index (κ3) is 1.55. The lowest BCUT2D eigenvalue weighted by Gasteiger charge is -2.12. The van der Waals surface area contributed by atoms with E-state index in [1.165, 1.54) is 17.4 Å². The molecule has 0 aliphatic rings. The molecular weight excluding hydrogens is 250 g/mol. The van der Waals surface area contributed by atoms with Crippen molar-refractivity contribution in [3.05, 3.63) is 60.7 Å². The topological polar surface area (TPSA) is 0 Å². The Bertz CT molecular complexity index is 740. The quantitative estimate of drug-likeness (QED) is 0.546. The van der Waals surface area contributed by atoms with Crippen LogP contribution in [0, 0.1) is 0 Å². The van der Waals surface area contributed by atoms with Gasteiger partial charge in [0.25, 0.3) is 5.92 Å². The number of hydrogen-bond donors (Lipinski definition) is 0. The molecule has 2 aromatic carbocycles. The second kappa shape index (κ2) is 3.89. The second-order valence-electron chi connectivity index (χ2n) is 4.11. The Labute approximate surface area is 107 Å². The molecule has 0 unspecified atom stereocenters. The number of allylic oxidation sites excluding steroid dienone is 1. The van der Waals surface area contributed by atoms with E-state index in [2.05, 4.69) is 6.58 Å². The summed E-state index contributed by atoms with van der Waals surface area (Å²) in [5, 5.41) is 1.91. The van der Waals surface area contributed by atoms with Gasteiger partial charge in [-0.3, -0.25) is 0 Å². The van der Waals surface area contributed by atoms with E-state index in [0.717, 1.165) is 15.5 Å². The van der Waals surface area contributed by atoms with Gasteiger partial charge in [0.2, 0.25) is 0 Å². The van der Waals surface area contributed by atoms with Crippen LogP contribution in [0.5, 0.6) is 0 Å². The van der Waals surface area contributed by atoms with Crippen molar-refractivity contribution < 1.29 is 8.78 Å². The van der Waals surface area contributed by atoms with Gasteiger partial charge in [0.1, 0.15) is 0 Å². The lowest BCUT2D eigenvalue weighted by Crippen LogP contribution is -2.08. The Kier molecular flexibility index (Phi) is 2.45. The fraction of sp³-hybridized carbons (Fsp3) is 0.0667. The number of alkyl halides is 2. The minimum atomic E-state index is -2.99. The molecule has 0 N–H and O–H groups in total. The summed E-state index contributed by atoms with van der Waals surface area (Å²) >= 11 is 1.40. The maximum atomic E-state index is 13.8. The van der Waals surface area contributed by atoms with E-state index in [4.69, 9.17) is 0 Å². The van der Waals surface area contributed by atoms with Crippen molar-refractivity contribution in [2.75, 3.05) is 0 Å². The zero-order valence-corrected chi connectivity index (χ0v) is 10.3. The summed E-state index contributed by atoms with van der Waals surface area (Å²) in [5.74, 6) is -2.99. The highest BCUT2D eigenvalue weighted by Crippen LogP contribution is 2.41. The Hall–Kier alpha value is -1.74. The van der Waals surface area contributed by atoms with E-state index in [1.807, 2.05) is 30.3 Å². The number of benzene rings is 2. The first-order valence-electron chi connectivity index (χ1n) is 5.55. The Balaban J connectivity index is 2.45. The molecule has 0 saturated carbocycles. The first kappa shape index (κ1) is 11.4. The molecule has 18 heavy (non-hydrogen) atoms. The SMILES string of the molecule is C=CC(F)(F)c1cccc2c1sc1ccccc12. The number of thiophene rings is 1. The van der Waals surface area contributed by atoms with Crippen molar-refractivity contribution in [3.8, 4) is 0 Å². The molecule has 0 fully saturated rings. The van der Waals surface area contributed by atoms with Gasteiger partial charge >= 0.3 is 0 Å². The van der Waals surface area contributed by atoms with E-state index >= 15 is 0 Å².